The number of aromatic nitrogens is 3. The SMILES string of the molecule is CCOc1ccc(NC(=O)CSc2nnc([C@@H](CO)NC(=O)c3ccc(OC)cc3)n2CC)cc1. The molecule has 1 atom stereocenters. The molecule has 0 saturated heterocycles. The minimum absolute atomic E-state index is 0.118. The molecule has 0 aliphatic heterocycles. The number of benzene rings is 2. The van der Waals surface area contributed by atoms with Gasteiger partial charge in [-0.25, -0.2) is 0 Å². The van der Waals surface area contributed by atoms with Crippen molar-refractivity contribution in [3.8, 4) is 11.5 Å². The Labute approximate surface area is 208 Å². The zero-order valence-electron chi connectivity index (χ0n) is 19.9. The van der Waals surface area contributed by atoms with Gasteiger partial charge in [-0.1, -0.05) is 11.8 Å². The molecule has 0 aliphatic carbocycles. The van der Waals surface area contributed by atoms with Crippen molar-refractivity contribution in [3.63, 3.8) is 0 Å². The first-order chi connectivity index (χ1) is 17.0. The quantitative estimate of drug-likeness (QED) is 0.325. The van der Waals surface area contributed by atoms with Crippen LogP contribution in [-0.2, 0) is 11.3 Å². The third-order valence-corrected chi connectivity index (χ3v) is 5.96. The number of hydrogen-bond donors (Lipinski definition) is 3. The molecule has 3 aromatic rings. The molecule has 0 aliphatic rings. The fraction of sp³-hybridized carbons (Fsp3) is 0.333. The monoisotopic (exact) mass is 499 g/mol. The first-order valence-electron chi connectivity index (χ1n) is 11.1. The summed E-state index contributed by atoms with van der Waals surface area (Å²) >= 11 is 1.22. The molecule has 0 unspecified atom stereocenters. The van der Waals surface area contributed by atoms with E-state index in [0.717, 1.165) is 5.75 Å². The van der Waals surface area contributed by atoms with Crippen molar-refractivity contribution in [1.82, 2.24) is 20.1 Å². The summed E-state index contributed by atoms with van der Waals surface area (Å²) in [5.41, 5.74) is 1.09. The van der Waals surface area contributed by atoms with E-state index >= 15 is 0 Å². The molecule has 0 saturated carbocycles. The second-order valence-corrected chi connectivity index (χ2v) is 8.26. The summed E-state index contributed by atoms with van der Waals surface area (Å²) in [5.74, 6) is 1.35. The van der Waals surface area contributed by atoms with Gasteiger partial charge in [-0.3, -0.25) is 9.59 Å². The summed E-state index contributed by atoms with van der Waals surface area (Å²) in [6.45, 7) is 4.52. The van der Waals surface area contributed by atoms with Crippen LogP contribution in [-0.4, -0.2) is 57.8 Å². The Kier molecular flexibility index (Phi) is 9.50. The first kappa shape index (κ1) is 26.0. The number of thioether (sulfide) groups is 1. The number of nitrogens with zero attached hydrogens (tertiary/aromatic N) is 3. The Morgan fingerprint density at radius 1 is 1.06 bits per heavy atom. The second kappa shape index (κ2) is 12.8. The lowest BCUT2D eigenvalue weighted by molar-refractivity contribution is -0.113. The van der Waals surface area contributed by atoms with Crippen molar-refractivity contribution in [3.05, 3.63) is 59.9 Å². The van der Waals surface area contributed by atoms with E-state index in [9.17, 15) is 14.7 Å². The lowest BCUT2D eigenvalue weighted by Gasteiger charge is -2.17. The average molecular weight is 500 g/mol. The van der Waals surface area contributed by atoms with Gasteiger partial charge >= 0.3 is 0 Å². The highest BCUT2D eigenvalue weighted by Crippen LogP contribution is 2.22. The molecule has 2 amide bonds. The fourth-order valence-corrected chi connectivity index (χ4v) is 4.08. The molecule has 1 heterocycles. The minimum atomic E-state index is -0.760. The highest BCUT2D eigenvalue weighted by atomic mass is 32.2. The Bertz CT molecular complexity index is 1120. The fourth-order valence-electron chi connectivity index (χ4n) is 3.27. The van der Waals surface area contributed by atoms with E-state index in [1.54, 1.807) is 60.2 Å². The highest BCUT2D eigenvalue weighted by Gasteiger charge is 2.23. The molecule has 186 valence electrons. The largest absolute Gasteiger partial charge is 0.497 e. The Morgan fingerprint density at radius 3 is 2.34 bits per heavy atom. The number of aliphatic hydroxyl groups is 1. The highest BCUT2D eigenvalue weighted by molar-refractivity contribution is 7.99. The van der Waals surface area contributed by atoms with Crippen LogP contribution in [0.5, 0.6) is 11.5 Å². The van der Waals surface area contributed by atoms with Crippen molar-refractivity contribution >= 4 is 29.3 Å². The standard InChI is InChI=1S/C24H29N5O5S/c1-4-29-22(20(14-30)26-23(32)16-6-10-18(33-3)11-7-16)27-28-24(29)35-15-21(31)25-17-8-12-19(13-9-17)34-5-2/h6-13,20,30H,4-5,14-15H2,1-3H3,(H,25,31)(H,26,32)/t20-/m1/s1. The van der Waals surface area contributed by atoms with Crippen LogP contribution < -0.4 is 20.1 Å². The van der Waals surface area contributed by atoms with E-state index in [-0.39, 0.29) is 24.2 Å². The molecule has 3 N–H and O–H groups in total. The van der Waals surface area contributed by atoms with Crippen LogP contribution in [0.25, 0.3) is 0 Å². The molecular weight excluding hydrogens is 470 g/mol. The van der Waals surface area contributed by atoms with E-state index in [1.165, 1.54) is 11.8 Å². The molecule has 0 bridgehead atoms. The van der Waals surface area contributed by atoms with E-state index in [4.69, 9.17) is 9.47 Å². The van der Waals surface area contributed by atoms with Gasteiger partial charge in [0.05, 0.1) is 26.1 Å². The van der Waals surface area contributed by atoms with E-state index in [1.807, 2.05) is 13.8 Å². The van der Waals surface area contributed by atoms with Gasteiger partial charge in [0.2, 0.25) is 5.91 Å². The number of anilines is 1. The lowest BCUT2D eigenvalue weighted by atomic mass is 10.2. The van der Waals surface area contributed by atoms with Crippen molar-refractivity contribution in [2.75, 3.05) is 31.4 Å². The summed E-state index contributed by atoms with van der Waals surface area (Å²) in [5, 5.41) is 24.4. The van der Waals surface area contributed by atoms with Gasteiger partial charge in [0.1, 0.15) is 17.5 Å². The molecule has 10 nitrogen and oxygen atoms in total. The van der Waals surface area contributed by atoms with Gasteiger partial charge in [-0.05, 0) is 62.4 Å². The molecular formula is C24H29N5O5S. The number of carbonyl (C=O) groups is 2. The normalized spacial score (nSPS) is 11.5. The summed E-state index contributed by atoms with van der Waals surface area (Å²) in [7, 11) is 1.55. The number of aliphatic hydroxyl groups excluding tert-OH is 1. The van der Waals surface area contributed by atoms with E-state index in [2.05, 4.69) is 20.8 Å². The number of carbonyl (C=O) groups excluding carboxylic acids is 2. The minimum Gasteiger partial charge on any atom is -0.497 e. The smallest absolute Gasteiger partial charge is 0.251 e. The topological polar surface area (TPSA) is 128 Å². The zero-order chi connectivity index (χ0) is 25.2. The van der Waals surface area contributed by atoms with Crippen molar-refractivity contribution in [2.24, 2.45) is 0 Å². The summed E-state index contributed by atoms with van der Waals surface area (Å²) < 4.78 is 12.3. The molecule has 0 radical (unpaired) electrons. The van der Waals surface area contributed by atoms with Gasteiger partial charge in [0.15, 0.2) is 11.0 Å². The van der Waals surface area contributed by atoms with Gasteiger partial charge in [0.25, 0.3) is 5.91 Å². The average Bonchev–Trinajstić information content (AvgIpc) is 3.30. The number of nitrogens with one attached hydrogen (secondary N) is 2. The second-order valence-electron chi connectivity index (χ2n) is 7.32. The maximum Gasteiger partial charge on any atom is 0.251 e. The number of methoxy groups -OCH3 is 1. The Balaban J connectivity index is 1.62. The first-order valence-corrected chi connectivity index (χ1v) is 12.1. The van der Waals surface area contributed by atoms with Crippen LogP contribution >= 0.6 is 11.8 Å². The van der Waals surface area contributed by atoms with E-state index in [0.29, 0.717) is 41.1 Å². The number of amides is 2. The van der Waals surface area contributed by atoms with Crippen LogP contribution in [0.4, 0.5) is 5.69 Å². The Hall–Kier alpha value is -3.57. The van der Waals surface area contributed by atoms with Gasteiger partial charge in [-0.15, -0.1) is 10.2 Å². The third-order valence-electron chi connectivity index (χ3n) is 4.99. The zero-order valence-corrected chi connectivity index (χ0v) is 20.7. The van der Waals surface area contributed by atoms with Crippen molar-refractivity contribution < 1.29 is 24.2 Å². The van der Waals surface area contributed by atoms with Crippen LogP contribution in [0, 0.1) is 0 Å². The molecule has 35 heavy (non-hydrogen) atoms. The molecule has 1 aromatic heterocycles. The van der Waals surface area contributed by atoms with Crippen molar-refractivity contribution in [1.29, 1.82) is 0 Å². The summed E-state index contributed by atoms with van der Waals surface area (Å²) in [6.07, 6.45) is 0. The molecule has 0 fully saturated rings. The van der Waals surface area contributed by atoms with Crippen LogP contribution in [0.3, 0.4) is 0 Å². The lowest BCUT2D eigenvalue weighted by Crippen LogP contribution is -2.32. The van der Waals surface area contributed by atoms with Gasteiger partial charge < -0.3 is 29.8 Å². The van der Waals surface area contributed by atoms with Crippen LogP contribution in [0.1, 0.15) is 36.1 Å². The summed E-state index contributed by atoms with van der Waals surface area (Å²) in [4.78, 5) is 25.1. The van der Waals surface area contributed by atoms with E-state index < -0.39 is 6.04 Å². The van der Waals surface area contributed by atoms with Gasteiger partial charge in [-0.2, -0.15) is 0 Å². The maximum absolute atomic E-state index is 12.7. The molecule has 3 rings (SSSR count). The van der Waals surface area contributed by atoms with Crippen LogP contribution in [0.2, 0.25) is 0 Å². The third kappa shape index (κ3) is 6.96. The van der Waals surface area contributed by atoms with Gasteiger partial charge in [0, 0.05) is 17.8 Å². The van der Waals surface area contributed by atoms with Crippen molar-refractivity contribution in [2.45, 2.75) is 31.6 Å². The number of rotatable bonds is 12. The molecule has 11 heteroatoms. The predicted octanol–water partition coefficient (Wildman–Crippen LogP) is 2.90. The number of hydrogen-bond acceptors (Lipinski definition) is 8. The number of ether oxygens (including phenoxy) is 2. The molecule has 2 aromatic carbocycles. The van der Waals surface area contributed by atoms with Crippen LogP contribution in [0.15, 0.2) is 53.7 Å². The predicted molar refractivity (Wildman–Crippen MR) is 133 cm³/mol. The molecule has 0 spiro atoms. The maximum atomic E-state index is 12.7. The summed E-state index contributed by atoms with van der Waals surface area (Å²) in [6, 6.07) is 13.0. The Morgan fingerprint density at radius 2 is 1.74 bits per heavy atom.